The van der Waals surface area contributed by atoms with Crippen molar-refractivity contribution in [3.05, 3.63) is 36.3 Å². The van der Waals surface area contributed by atoms with Crippen LogP contribution in [0, 0.1) is 0 Å². The first-order valence-electron chi connectivity index (χ1n) is 10.6. The zero-order valence-electron chi connectivity index (χ0n) is 18.6. The number of aryl methyl sites for hydroxylation is 1. The molecule has 0 aliphatic carbocycles. The molecule has 1 amide bonds. The number of aromatic nitrogens is 2. The summed E-state index contributed by atoms with van der Waals surface area (Å²) in [7, 11) is 0. The number of rotatable bonds is 11. The number of nitrogens with zero attached hydrogens (tertiary/aromatic N) is 3. The maximum Gasteiger partial charge on any atom is 0.248 e. The number of para-hydroxylation sites is 1. The highest BCUT2D eigenvalue weighted by Gasteiger charge is 2.14. The second-order valence-corrected chi connectivity index (χ2v) is 6.60. The summed E-state index contributed by atoms with van der Waals surface area (Å²) in [6, 6.07) is 7.94. The fraction of sp³-hybridized carbons (Fsp3) is 0.500. The molecule has 0 fully saturated rings. The molecule has 0 bridgehead atoms. The van der Waals surface area contributed by atoms with E-state index in [0.29, 0.717) is 12.4 Å². The van der Waals surface area contributed by atoms with Gasteiger partial charge in [0, 0.05) is 25.1 Å². The zero-order valence-corrected chi connectivity index (χ0v) is 18.6. The van der Waals surface area contributed by atoms with Gasteiger partial charge in [-0.15, -0.1) is 0 Å². The van der Waals surface area contributed by atoms with Gasteiger partial charge < -0.3 is 15.6 Å². The molecule has 0 spiro atoms. The monoisotopic (exact) mass is 416 g/mol. The van der Waals surface area contributed by atoms with Crippen LogP contribution in [0.25, 0.3) is 11.3 Å². The summed E-state index contributed by atoms with van der Waals surface area (Å²) in [4.78, 5) is 24.8. The number of amides is 1. The summed E-state index contributed by atoms with van der Waals surface area (Å²) in [5.74, 6) is 6.26. The maximum absolute atomic E-state index is 11.4. The molecule has 0 atom stereocenters. The van der Waals surface area contributed by atoms with Crippen LogP contribution in [-0.2, 0) is 22.6 Å². The van der Waals surface area contributed by atoms with Crippen molar-refractivity contribution in [2.24, 2.45) is 16.6 Å². The Morgan fingerprint density at radius 1 is 1.27 bits per heavy atom. The molecule has 0 saturated carbocycles. The van der Waals surface area contributed by atoms with Crippen molar-refractivity contribution in [1.82, 2.24) is 14.9 Å². The normalized spacial score (nSPS) is 11.0. The third-order valence-corrected chi connectivity index (χ3v) is 4.23. The van der Waals surface area contributed by atoms with E-state index >= 15 is 0 Å². The quantitative estimate of drug-likeness (QED) is 0.225. The standard InChI is InChI=1S/C20H30N6O2.C2H6/c1-3-8-19-24-13-18(16-9-4-5-10-17(16)25-15(2)21)26(19)12-7-6-11-23-20(27)14-28-22;1-2/h4-5,9-10,13H,3,6-8,11-12,14,22H2,1-2H3,(H2,21,25)(H,23,27);1-2H3. The molecule has 0 unspecified atom stereocenters. The van der Waals surface area contributed by atoms with E-state index in [0.717, 1.165) is 55.0 Å². The van der Waals surface area contributed by atoms with Crippen LogP contribution in [0.15, 0.2) is 35.5 Å². The molecule has 0 aliphatic heterocycles. The SMILES string of the molecule is CC.CCCc1ncc(-c2ccccc2N=C(C)N)n1CCCCNC(=O)CON. The first kappa shape index (κ1) is 25.3. The third kappa shape index (κ3) is 7.96. The van der Waals surface area contributed by atoms with Crippen molar-refractivity contribution >= 4 is 17.4 Å². The van der Waals surface area contributed by atoms with E-state index in [4.69, 9.17) is 11.6 Å². The van der Waals surface area contributed by atoms with Crippen molar-refractivity contribution in [3.8, 4) is 11.3 Å². The van der Waals surface area contributed by atoms with Gasteiger partial charge in [0.25, 0.3) is 0 Å². The number of hydrogen-bond acceptors (Lipinski definition) is 5. The molecular formula is C22H36N6O2. The molecular weight excluding hydrogens is 380 g/mol. The molecule has 8 heteroatoms. The highest BCUT2D eigenvalue weighted by molar-refractivity contribution is 5.84. The molecule has 1 aromatic heterocycles. The van der Waals surface area contributed by atoms with Crippen LogP contribution in [0.3, 0.4) is 0 Å². The van der Waals surface area contributed by atoms with Gasteiger partial charge in [-0.25, -0.2) is 15.9 Å². The highest BCUT2D eigenvalue weighted by atomic mass is 16.6. The topological polar surface area (TPSA) is 121 Å². The smallest absolute Gasteiger partial charge is 0.248 e. The zero-order chi connectivity index (χ0) is 22.4. The number of benzene rings is 1. The van der Waals surface area contributed by atoms with Crippen molar-refractivity contribution in [1.29, 1.82) is 0 Å². The Kier molecular flexibility index (Phi) is 12.1. The van der Waals surface area contributed by atoms with Crippen LogP contribution in [0.2, 0.25) is 0 Å². The van der Waals surface area contributed by atoms with E-state index in [2.05, 4.69) is 31.6 Å². The van der Waals surface area contributed by atoms with Crippen LogP contribution in [0.4, 0.5) is 5.69 Å². The number of hydrogen-bond donors (Lipinski definition) is 3. The highest BCUT2D eigenvalue weighted by Crippen LogP contribution is 2.31. The van der Waals surface area contributed by atoms with Crippen LogP contribution < -0.4 is 16.9 Å². The lowest BCUT2D eigenvalue weighted by atomic mass is 10.1. The minimum Gasteiger partial charge on any atom is -0.387 e. The minimum atomic E-state index is -0.207. The van der Waals surface area contributed by atoms with Gasteiger partial charge in [0.05, 0.1) is 23.4 Å². The number of aliphatic imine (C=N–C) groups is 1. The predicted octanol–water partition coefficient (Wildman–Crippen LogP) is 3.32. The first-order chi connectivity index (χ1) is 14.6. The van der Waals surface area contributed by atoms with Crippen LogP contribution in [0.5, 0.6) is 0 Å². The van der Waals surface area contributed by atoms with Gasteiger partial charge >= 0.3 is 0 Å². The third-order valence-electron chi connectivity index (χ3n) is 4.23. The Bertz CT molecular complexity index is 797. The molecule has 166 valence electrons. The van der Waals surface area contributed by atoms with E-state index < -0.39 is 0 Å². The van der Waals surface area contributed by atoms with E-state index in [1.54, 1.807) is 6.92 Å². The average Bonchev–Trinajstić information content (AvgIpc) is 3.12. The summed E-state index contributed by atoms with van der Waals surface area (Å²) in [5, 5.41) is 2.78. The molecule has 0 aliphatic rings. The lowest BCUT2D eigenvalue weighted by Gasteiger charge is -2.14. The Balaban J connectivity index is 0.00000218. The van der Waals surface area contributed by atoms with Crippen LogP contribution >= 0.6 is 0 Å². The van der Waals surface area contributed by atoms with Crippen LogP contribution in [-0.4, -0.2) is 34.4 Å². The molecule has 2 rings (SSSR count). The van der Waals surface area contributed by atoms with Crippen LogP contribution in [0.1, 0.15) is 52.8 Å². The van der Waals surface area contributed by atoms with E-state index in [9.17, 15) is 4.79 Å². The Hall–Kier alpha value is -2.71. The predicted molar refractivity (Wildman–Crippen MR) is 122 cm³/mol. The van der Waals surface area contributed by atoms with Gasteiger partial charge in [0.2, 0.25) is 5.91 Å². The maximum atomic E-state index is 11.4. The van der Waals surface area contributed by atoms with Gasteiger partial charge in [-0.1, -0.05) is 39.0 Å². The number of carbonyl (C=O) groups is 1. The summed E-state index contributed by atoms with van der Waals surface area (Å²) in [6.07, 6.45) is 5.59. The molecule has 8 nitrogen and oxygen atoms in total. The van der Waals surface area contributed by atoms with Gasteiger partial charge in [-0.05, 0) is 32.3 Å². The van der Waals surface area contributed by atoms with E-state index in [1.165, 1.54) is 0 Å². The molecule has 2 aromatic rings. The average molecular weight is 417 g/mol. The fourth-order valence-electron chi connectivity index (χ4n) is 3.03. The Morgan fingerprint density at radius 3 is 2.67 bits per heavy atom. The van der Waals surface area contributed by atoms with Gasteiger partial charge in [0.15, 0.2) is 0 Å². The molecule has 1 aromatic carbocycles. The second-order valence-electron chi connectivity index (χ2n) is 6.60. The van der Waals surface area contributed by atoms with Gasteiger partial charge in [-0.2, -0.15) is 0 Å². The number of imidazole rings is 1. The molecule has 0 saturated heterocycles. The number of nitrogens with one attached hydrogen (secondary N) is 1. The Morgan fingerprint density at radius 2 is 2.00 bits per heavy atom. The van der Waals surface area contributed by atoms with E-state index in [1.807, 2.05) is 44.3 Å². The first-order valence-corrected chi connectivity index (χ1v) is 10.6. The second kappa shape index (κ2) is 14.3. The number of unbranched alkanes of at least 4 members (excludes halogenated alkanes) is 1. The molecule has 0 radical (unpaired) electrons. The van der Waals surface area contributed by atoms with Crippen molar-refractivity contribution in [2.75, 3.05) is 13.2 Å². The van der Waals surface area contributed by atoms with Crippen molar-refractivity contribution in [2.45, 2.75) is 59.9 Å². The number of carbonyl (C=O) groups excluding carboxylic acids is 1. The van der Waals surface area contributed by atoms with Crippen molar-refractivity contribution < 1.29 is 9.63 Å². The summed E-state index contributed by atoms with van der Waals surface area (Å²) in [5.41, 5.74) is 8.67. The summed E-state index contributed by atoms with van der Waals surface area (Å²) in [6.45, 7) is 9.20. The van der Waals surface area contributed by atoms with Gasteiger partial charge in [-0.3, -0.25) is 9.63 Å². The summed E-state index contributed by atoms with van der Waals surface area (Å²) >= 11 is 0. The minimum absolute atomic E-state index is 0.121. The summed E-state index contributed by atoms with van der Waals surface area (Å²) < 4.78 is 2.24. The largest absolute Gasteiger partial charge is 0.387 e. The lowest BCUT2D eigenvalue weighted by Crippen LogP contribution is -2.29. The van der Waals surface area contributed by atoms with Gasteiger partial charge in [0.1, 0.15) is 12.4 Å². The van der Waals surface area contributed by atoms with E-state index in [-0.39, 0.29) is 12.5 Å². The lowest BCUT2D eigenvalue weighted by molar-refractivity contribution is -0.125. The molecule has 5 N–H and O–H groups in total. The molecule has 30 heavy (non-hydrogen) atoms. The fourth-order valence-corrected chi connectivity index (χ4v) is 3.03. The molecule has 1 heterocycles. The number of nitrogens with two attached hydrogens (primary N) is 2. The Labute approximate surface area is 179 Å². The van der Waals surface area contributed by atoms with Crippen molar-refractivity contribution in [3.63, 3.8) is 0 Å². The number of amidine groups is 1.